The third-order valence-corrected chi connectivity index (χ3v) is 3.12. The van der Waals surface area contributed by atoms with Crippen LogP contribution in [0, 0.1) is 5.41 Å². The maximum Gasteiger partial charge on any atom is 0.119 e. The second kappa shape index (κ2) is 6.95. The summed E-state index contributed by atoms with van der Waals surface area (Å²) in [6.45, 7) is 7.61. The fourth-order valence-corrected chi connectivity index (χ4v) is 2.12. The predicted octanol–water partition coefficient (Wildman–Crippen LogP) is 4.41. The van der Waals surface area contributed by atoms with E-state index in [1.807, 2.05) is 11.8 Å². The summed E-state index contributed by atoms with van der Waals surface area (Å²) in [5, 5.41) is 0. The van der Waals surface area contributed by atoms with Crippen LogP contribution in [0.5, 0.6) is 5.75 Å². The molecule has 0 N–H and O–H groups in total. The van der Waals surface area contributed by atoms with Crippen LogP contribution in [0.1, 0.15) is 32.8 Å². The van der Waals surface area contributed by atoms with Gasteiger partial charge in [-0.25, -0.2) is 0 Å². The molecule has 0 heterocycles. The number of hydrogen-bond donors (Lipinski definition) is 0. The van der Waals surface area contributed by atoms with Crippen molar-refractivity contribution in [2.24, 2.45) is 5.41 Å². The number of benzene rings is 1. The van der Waals surface area contributed by atoms with E-state index in [0.29, 0.717) is 5.41 Å². The maximum atomic E-state index is 5.68. The van der Waals surface area contributed by atoms with Gasteiger partial charge in [-0.15, -0.1) is 0 Å². The molecule has 0 fully saturated rings. The van der Waals surface area contributed by atoms with Gasteiger partial charge in [0, 0.05) is 0 Å². The third-order valence-electron chi connectivity index (χ3n) is 2.42. The monoisotopic (exact) mass is 252 g/mol. The highest BCUT2D eigenvalue weighted by molar-refractivity contribution is 7.98. The zero-order chi connectivity index (χ0) is 12.7. The Morgan fingerprint density at radius 2 is 1.76 bits per heavy atom. The van der Waals surface area contributed by atoms with Gasteiger partial charge in [-0.2, -0.15) is 11.8 Å². The van der Waals surface area contributed by atoms with Gasteiger partial charge in [0.25, 0.3) is 0 Å². The van der Waals surface area contributed by atoms with Gasteiger partial charge < -0.3 is 4.74 Å². The van der Waals surface area contributed by atoms with Crippen LogP contribution in [0.15, 0.2) is 24.3 Å². The van der Waals surface area contributed by atoms with Gasteiger partial charge in [0.2, 0.25) is 0 Å². The van der Waals surface area contributed by atoms with Crippen molar-refractivity contribution in [3.63, 3.8) is 0 Å². The molecule has 0 atom stereocenters. The van der Waals surface area contributed by atoms with E-state index in [0.717, 1.165) is 25.2 Å². The molecule has 0 unspecified atom stereocenters. The molecule has 0 saturated carbocycles. The highest BCUT2D eigenvalue weighted by Crippen LogP contribution is 2.22. The van der Waals surface area contributed by atoms with Crippen molar-refractivity contribution in [3.8, 4) is 5.75 Å². The van der Waals surface area contributed by atoms with E-state index < -0.39 is 0 Å². The maximum absolute atomic E-state index is 5.68. The first-order valence-electron chi connectivity index (χ1n) is 6.22. The van der Waals surface area contributed by atoms with E-state index in [4.69, 9.17) is 4.74 Å². The number of thioether (sulfide) groups is 1. The molecule has 0 aliphatic rings. The minimum atomic E-state index is 0.348. The molecular weight excluding hydrogens is 228 g/mol. The Labute approximate surface area is 110 Å². The molecule has 96 valence electrons. The molecule has 17 heavy (non-hydrogen) atoms. The fourth-order valence-electron chi connectivity index (χ4n) is 1.71. The van der Waals surface area contributed by atoms with E-state index in [2.05, 4.69) is 51.3 Å². The number of rotatable bonds is 6. The molecule has 1 nitrogen and oxygen atoms in total. The van der Waals surface area contributed by atoms with Gasteiger partial charge in [0.1, 0.15) is 5.75 Å². The van der Waals surface area contributed by atoms with Crippen LogP contribution in [-0.2, 0) is 6.42 Å². The Morgan fingerprint density at radius 3 is 2.29 bits per heavy atom. The van der Waals surface area contributed by atoms with Crippen molar-refractivity contribution < 1.29 is 4.74 Å². The predicted molar refractivity (Wildman–Crippen MR) is 78.1 cm³/mol. The smallest absolute Gasteiger partial charge is 0.119 e. The van der Waals surface area contributed by atoms with Gasteiger partial charge in [-0.1, -0.05) is 32.9 Å². The average Bonchev–Trinajstić information content (AvgIpc) is 2.25. The summed E-state index contributed by atoms with van der Waals surface area (Å²) < 4.78 is 5.68. The van der Waals surface area contributed by atoms with Crippen molar-refractivity contribution in [3.05, 3.63) is 29.8 Å². The summed E-state index contributed by atoms with van der Waals surface area (Å²) in [6.07, 6.45) is 4.35. The Bertz CT molecular complexity index is 311. The molecule has 1 aromatic carbocycles. The van der Waals surface area contributed by atoms with Gasteiger partial charge in [-0.05, 0) is 48.0 Å². The van der Waals surface area contributed by atoms with Crippen LogP contribution >= 0.6 is 11.8 Å². The van der Waals surface area contributed by atoms with Crippen LogP contribution in [0.3, 0.4) is 0 Å². The Morgan fingerprint density at radius 1 is 1.12 bits per heavy atom. The van der Waals surface area contributed by atoms with Crippen molar-refractivity contribution in [1.82, 2.24) is 0 Å². The van der Waals surface area contributed by atoms with E-state index in [1.165, 1.54) is 11.3 Å². The summed E-state index contributed by atoms with van der Waals surface area (Å²) in [4.78, 5) is 0. The summed E-state index contributed by atoms with van der Waals surface area (Å²) in [5.41, 5.74) is 1.73. The highest BCUT2D eigenvalue weighted by atomic mass is 32.2. The minimum absolute atomic E-state index is 0.348. The standard InChI is InChI=1S/C15H24OS/c1-15(2,3)12-13-6-8-14(9-7-13)16-10-5-11-17-4/h6-9H,5,10-12H2,1-4H3. The lowest BCUT2D eigenvalue weighted by Crippen LogP contribution is -2.08. The Kier molecular flexibility index (Phi) is 5.90. The van der Waals surface area contributed by atoms with Gasteiger partial charge in [0.15, 0.2) is 0 Å². The minimum Gasteiger partial charge on any atom is -0.494 e. The average molecular weight is 252 g/mol. The molecule has 0 bridgehead atoms. The summed E-state index contributed by atoms with van der Waals surface area (Å²) in [6, 6.07) is 8.52. The lowest BCUT2D eigenvalue weighted by atomic mass is 9.88. The highest BCUT2D eigenvalue weighted by Gasteiger charge is 2.10. The molecule has 0 aromatic heterocycles. The van der Waals surface area contributed by atoms with Crippen molar-refractivity contribution in [2.45, 2.75) is 33.6 Å². The molecule has 0 saturated heterocycles. The molecular formula is C15H24OS. The quantitative estimate of drug-likeness (QED) is 0.694. The SMILES string of the molecule is CSCCCOc1ccc(CC(C)(C)C)cc1. The molecule has 0 spiro atoms. The first kappa shape index (κ1) is 14.4. The third kappa shape index (κ3) is 6.62. The van der Waals surface area contributed by atoms with Crippen molar-refractivity contribution >= 4 is 11.8 Å². The fraction of sp³-hybridized carbons (Fsp3) is 0.600. The van der Waals surface area contributed by atoms with E-state index in [1.54, 1.807) is 0 Å². The first-order valence-corrected chi connectivity index (χ1v) is 7.61. The summed E-state index contributed by atoms with van der Waals surface area (Å²) >= 11 is 1.87. The van der Waals surface area contributed by atoms with Crippen molar-refractivity contribution in [1.29, 1.82) is 0 Å². The largest absolute Gasteiger partial charge is 0.494 e. The summed E-state index contributed by atoms with van der Waals surface area (Å²) in [7, 11) is 0. The molecule has 1 aromatic rings. The molecule has 0 aliphatic carbocycles. The zero-order valence-corrected chi connectivity index (χ0v) is 12.3. The van der Waals surface area contributed by atoms with Gasteiger partial charge in [0.05, 0.1) is 6.61 Å². The van der Waals surface area contributed by atoms with Gasteiger partial charge in [-0.3, -0.25) is 0 Å². The van der Waals surface area contributed by atoms with Crippen LogP contribution < -0.4 is 4.74 Å². The van der Waals surface area contributed by atoms with Crippen LogP contribution in [0.25, 0.3) is 0 Å². The van der Waals surface area contributed by atoms with Crippen LogP contribution in [-0.4, -0.2) is 18.6 Å². The van der Waals surface area contributed by atoms with Crippen LogP contribution in [0.4, 0.5) is 0 Å². The number of ether oxygens (including phenoxy) is 1. The Hall–Kier alpha value is -0.630. The van der Waals surface area contributed by atoms with Crippen molar-refractivity contribution in [2.75, 3.05) is 18.6 Å². The van der Waals surface area contributed by atoms with E-state index in [-0.39, 0.29) is 0 Å². The molecule has 0 amide bonds. The van der Waals surface area contributed by atoms with E-state index in [9.17, 15) is 0 Å². The lowest BCUT2D eigenvalue weighted by Gasteiger charge is -2.18. The molecule has 2 heteroatoms. The Balaban J connectivity index is 2.39. The second-order valence-electron chi connectivity index (χ2n) is 5.58. The lowest BCUT2D eigenvalue weighted by molar-refractivity contribution is 0.318. The molecule has 1 rings (SSSR count). The number of hydrogen-bond acceptors (Lipinski definition) is 2. The zero-order valence-electron chi connectivity index (χ0n) is 11.5. The topological polar surface area (TPSA) is 9.23 Å². The summed E-state index contributed by atoms with van der Waals surface area (Å²) in [5.74, 6) is 2.16. The van der Waals surface area contributed by atoms with E-state index >= 15 is 0 Å². The normalized spacial score (nSPS) is 11.5. The molecule has 0 radical (unpaired) electrons. The van der Waals surface area contributed by atoms with Gasteiger partial charge >= 0.3 is 0 Å². The first-order chi connectivity index (χ1) is 8.01. The molecule has 0 aliphatic heterocycles. The second-order valence-corrected chi connectivity index (χ2v) is 6.56. The van der Waals surface area contributed by atoms with Crippen LogP contribution in [0.2, 0.25) is 0 Å².